The van der Waals surface area contributed by atoms with E-state index in [1.165, 1.54) is 0 Å². The van der Waals surface area contributed by atoms with Crippen LogP contribution >= 0.6 is 23.1 Å². The van der Waals surface area contributed by atoms with Gasteiger partial charge in [0.05, 0.1) is 17.9 Å². The number of aromatic nitrogens is 2. The molecule has 0 aliphatic heterocycles. The van der Waals surface area contributed by atoms with E-state index in [2.05, 4.69) is 10.3 Å². The second kappa shape index (κ2) is 6.03. The van der Waals surface area contributed by atoms with E-state index in [1.54, 1.807) is 23.5 Å². The number of nitrogens with one attached hydrogen (secondary N) is 1. The summed E-state index contributed by atoms with van der Waals surface area (Å²) in [7, 11) is 0. The number of benzene rings is 1. The Morgan fingerprint density at radius 2 is 2.19 bits per heavy atom. The fourth-order valence-electron chi connectivity index (χ4n) is 2.14. The van der Waals surface area contributed by atoms with Crippen LogP contribution in [0.4, 0.5) is 14.5 Å². The maximum Gasteiger partial charge on any atom is 0.288 e. The molecular weight excluding hydrogens is 312 g/mol. The molecule has 0 bridgehead atoms. The highest BCUT2D eigenvalue weighted by atomic mass is 32.2. The smallest absolute Gasteiger partial charge is 0.288 e. The third-order valence-electron chi connectivity index (χ3n) is 3.11. The Hall–Kier alpha value is -1.60. The molecule has 7 heteroatoms. The van der Waals surface area contributed by atoms with Gasteiger partial charge in [-0.05, 0) is 19.1 Å². The number of hydrogen-bond donors (Lipinski definition) is 1. The van der Waals surface area contributed by atoms with E-state index >= 15 is 0 Å². The molecule has 21 heavy (non-hydrogen) atoms. The summed E-state index contributed by atoms with van der Waals surface area (Å²) in [6.07, 6.45) is 1.97. The van der Waals surface area contributed by atoms with Crippen molar-refractivity contribution >= 4 is 33.7 Å². The molecule has 2 heterocycles. The molecule has 3 rings (SSSR count). The third kappa shape index (κ3) is 3.03. The van der Waals surface area contributed by atoms with Crippen LogP contribution < -0.4 is 5.32 Å². The Morgan fingerprint density at radius 3 is 3.00 bits per heavy atom. The lowest BCUT2D eigenvalue weighted by Gasteiger charge is -2.11. The topological polar surface area (TPSA) is 29.3 Å². The Bertz CT molecular complexity index is 752. The van der Waals surface area contributed by atoms with Crippen molar-refractivity contribution in [3.8, 4) is 0 Å². The van der Waals surface area contributed by atoms with E-state index in [0.717, 1.165) is 16.3 Å². The SMILES string of the molecule is Cc1nc2sccn2c1CNc1ccccc1SC(F)F. The van der Waals surface area contributed by atoms with Crippen molar-refractivity contribution in [1.29, 1.82) is 0 Å². The highest BCUT2D eigenvalue weighted by Gasteiger charge is 2.12. The number of thiazole rings is 1. The van der Waals surface area contributed by atoms with E-state index in [4.69, 9.17) is 0 Å². The van der Waals surface area contributed by atoms with Crippen LogP contribution in [0.1, 0.15) is 11.4 Å². The van der Waals surface area contributed by atoms with E-state index in [0.29, 0.717) is 28.9 Å². The first-order valence-electron chi connectivity index (χ1n) is 6.34. The van der Waals surface area contributed by atoms with E-state index in [1.807, 2.05) is 35.0 Å². The van der Waals surface area contributed by atoms with Crippen LogP contribution in [-0.2, 0) is 6.54 Å². The van der Waals surface area contributed by atoms with Gasteiger partial charge in [-0.15, -0.1) is 11.3 Å². The van der Waals surface area contributed by atoms with Gasteiger partial charge in [0.2, 0.25) is 0 Å². The summed E-state index contributed by atoms with van der Waals surface area (Å²) in [5.41, 5.74) is 2.71. The molecule has 1 N–H and O–H groups in total. The molecule has 3 nitrogen and oxygen atoms in total. The second-order valence-electron chi connectivity index (χ2n) is 4.43. The number of fused-ring (bicyclic) bond motifs is 1. The lowest BCUT2D eigenvalue weighted by Crippen LogP contribution is -2.04. The van der Waals surface area contributed by atoms with E-state index < -0.39 is 5.76 Å². The van der Waals surface area contributed by atoms with E-state index in [-0.39, 0.29) is 0 Å². The number of para-hydroxylation sites is 1. The largest absolute Gasteiger partial charge is 0.378 e. The molecule has 2 aromatic heterocycles. The number of thioether (sulfide) groups is 1. The van der Waals surface area contributed by atoms with Crippen LogP contribution in [0.15, 0.2) is 40.7 Å². The minimum absolute atomic E-state index is 0.546. The van der Waals surface area contributed by atoms with Crippen molar-refractivity contribution in [2.45, 2.75) is 24.1 Å². The van der Waals surface area contributed by atoms with Gasteiger partial charge in [-0.3, -0.25) is 4.40 Å². The van der Waals surface area contributed by atoms with Crippen molar-refractivity contribution < 1.29 is 8.78 Å². The monoisotopic (exact) mass is 325 g/mol. The number of hydrogen-bond acceptors (Lipinski definition) is 4. The number of alkyl halides is 2. The van der Waals surface area contributed by atoms with Crippen LogP contribution in [0.2, 0.25) is 0 Å². The molecule has 0 spiro atoms. The van der Waals surface area contributed by atoms with Gasteiger partial charge in [-0.2, -0.15) is 8.78 Å². The van der Waals surface area contributed by atoms with Gasteiger partial charge in [0.1, 0.15) is 0 Å². The number of rotatable bonds is 5. The van der Waals surface area contributed by atoms with Gasteiger partial charge in [0.25, 0.3) is 5.76 Å². The first kappa shape index (κ1) is 14.3. The molecule has 0 aliphatic carbocycles. The fourth-order valence-corrected chi connectivity index (χ4v) is 3.54. The highest BCUT2D eigenvalue weighted by molar-refractivity contribution is 7.99. The second-order valence-corrected chi connectivity index (χ2v) is 6.33. The van der Waals surface area contributed by atoms with Crippen molar-refractivity contribution in [3.63, 3.8) is 0 Å². The van der Waals surface area contributed by atoms with Crippen molar-refractivity contribution in [2.75, 3.05) is 5.32 Å². The number of aryl methyl sites for hydroxylation is 1. The van der Waals surface area contributed by atoms with Gasteiger partial charge in [0, 0.05) is 22.2 Å². The normalized spacial score (nSPS) is 11.4. The molecule has 110 valence electrons. The van der Waals surface area contributed by atoms with Gasteiger partial charge in [0.15, 0.2) is 4.96 Å². The average Bonchev–Trinajstić information content (AvgIpc) is 2.98. The molecule has 0 atom stereocenters. The number of imidazole rings is 1. The Balaban J connectivity index is 1.81. The lowest BCUT2D eigenvalue weighted by atomic mass is 10.3. The van der Waals surface area contributed by atoms with Crippen molar-refractivity contribution in [2.24, 2.45) is 0 Å². The van der Waals surface area contributed by atoms with Gasteiger partial charge in [-0.25, -0.2) is 4.98 Å². The number of anilines is 1. The summed E-state index contributed by atoms with van der Waals surface area (Å²) in [5, 5.41) is 5.21. The molecule has 0 saturated carbocycles. The van der Waals surface area contributed by atoms with Crippen LogP contribution in [0, 0.1) is 6.92 Å². The van der Waals surface area contributed by atoms with Crippen LogP contribution in [0.3, 0.4) is 0 Å². The third-order valence-corrected chi connectivity index (χ3v) is 4.66. The molecule has 0 radical (unpaired) electrons. The minimum Gasteiger partial charge on any atom is -0.378 e. The zero-order chi connectivity index (χ0) is 14.8. The molecule has 3 aromatic rings. The number of nitrogens with zero attached hydrogens (tertiary/aromatic N) is 2. The molecular formula is C14H13F2N3S2. The molecule has 0 fully saturated rings. The quantitative estimate of drug-likeness (QED) is 0.694. The summed E-state index contributed by atoms with van der Waals surface area (Å²) in [5.74, 6) is -2.42. The Kier molecular flexibility index (Phi) is 4.12. The van der Waals surface area contributed by atoms with Crippen molar-refractivity contribution in [1.82, 2.24) is 9.38 Å². The number of halogens is 2. The fraction of sp³-hybridized carbons (Fsp3) is 0.214. The Labute approximate surface area is 129 Å². The lowest BCUT2D eigenvalue weighted by molar-refractivity contribution is 0.252. The maximum atomic E-state index is 12.6. The maximum absolute atomic E-state index is 12.6. The molecule has 0 aliphatic rings. The van der Waals surface area contributed by atoms with Gasteiger partial charge < -0.3 is 5.32 Å². The average molecular weight is 325 g/mol. The predicted molar refractivity (Wildman–Crippen MR) is 83.4 cm³/mol. The van der Waals surface area contributed by atoms with Gasteiger partial charge >= 0.3 is 0 Å². The van der Waals surface area contributed by atoms with E-state index in [9.17, 15) is 8.78 Å². The summed E-state index contributed by atoms with van der Waals surface area (Å²) in [6, 6.07) is 7.10. The van der Waals surface area contributed by atoms with Gasteiger partial charge in [-0.1, -0.05) is 23.9 Å². The van der Waals surface area contributed by atoms with Crippen LogP contribution in [0.25, 0.3) is 4.96 Å². The summed E-state index contributed by atoms with van der Waals surface area (Å²) in [4.78, 5) is 5.97. The summed E-state index contributed by atoms with van der Waals surface area (Å²) in [6.45, 7) is 2.50. The zero-order valence-electron chi connectivity index (χ0n) is 11.2. The van der Waals surface area contributed by atoms with Crippen LogP contribution in [-0.4, -0.2) is 15.1 Å². The zero-order valence-corrected chi connectivity index (χ0v) is 12.8. The molecule has 1 aromatic carbocycles. The minimum atomic E-state index is -2.42. The summed E-state index contributed by atoms with van der Waals surface area (Å²) < 4.78 is 27.2. The standard InChI is InChI=1S/C14H13F2N3S2/c1-9-11(19-6-7-20-14(19)18-9)8-17-10-4-2-3-5-12(10)21-13(15)16/h2-7,13,17H,8H2,1H3. The first-order chi connectivity index (χ1) is 10.1. The molecule has 0 saturated heterocycles. The predicted octanol–water partition coefficient (Wildman–Crippen LogP) is 4.63. The first-order valence-corrected chi connectivity index (χ1v) is 8.10. The van der Waals surface area contributed by atoms with Crippen LogP contribution in [0.5, 0.6) is 0 Å². The highest BCUT2D eigenvalue weighted by Crippen LogP contribution is 2.32. The molecule has 0 amide bonds. The summed E-state index contributed by atoms with van der Waals surface area (Å²) >= 11 is 2.13. The van der Waals surface area contributed by atoms with Crippen molar-refractivity contribution in [3.05, 3.63) is 47.2 Å². The Morgan fingerprint density at radius 1 is 1.38 bits per heavy atom. The molecule has 0 unspecified atom stereocenters.